The molecule has 1 aromatic rings. The van der Waals surface area contributed by atoms with Crippen molar-refractivity contribution < 1.29 is 13.9 Å². The van der Waals surface area contributed by atoms with Gasteiger partial charge in [-0.25, -0.2) is 4.39 Å². The fourth-order valence-corrected chi connectivity index (χ4v) is 2.76. The van der Waals surface area contributed by atoms with Crippen molar-refractivity contribution in [1.82, 2.24) is 0 Å². The maximum absolute atomic E-state index is 13.6. The van der Waals surface area contributed by atoms with E-state index in [2.05, 4.69) is 5.32 Å². The van der Waals surface area contributed by atoms with Crippen molar-refractivity contribution in [1.29, 1.82) is 0 Å². The van der Waals surface area contributed by atoms with Gasteiger partial charge < -0.3 is 15.8 Å². The monoisotopic (exact) mass is 280 g/mol. The Hall–Kier alpha value is -1.62. The summed E-state index contributed by atoms with van der Waals surface area (Å²) in [6.45, 7) is 1.91. The number of nitrogens with one attached hydrogen (secondary N) is 1. The van der Waals surface area contributed by atoms with E-state index in [0.29, 0.717) is 5.69 Å². The van der Waals surface area contributed by atoms with Crippen molar-refractivity contribution in [3.05, 3.63) is 24.0 Å². The lowest BCUT2D eigenvalue weighted by Gasteiger charge is -2.37. The first-order chi connectivity index (χ1) is 9.44. The summed E-state index contributed by atoms with van der Waals surface area (Å²) in [5.41, 5.74) is 6.13. The van der Waals surface area contributed by atoms with Gasteiger partial charge in [0.2, 0.25) is 5.91 Å². The van der Waals surface area contributed by atoms with E-state index in [0.717, 1.165) is 25.7 Å². The fourth-order valence-electron chi connectivity index (χ4n) is 2.76. The zero-order valence-corrected chi connectivity index (χ0v) is 11.9. The molecule has 1 amide bonds. The lowest BCUT2D eigenvalue weighted by atomic mass is 9.74. The van der Waals surface area contributed by atoms with Gasteiger partial charge in [-0.15, -0.1) is 0 Å². The van der Waals surface area contributed by atoms with E-state index >= 15 is 0 Å². The molecule has 2 unspecified atom stereocenters. The van der Waals surface area contributed by atoms with Crippen LogP contribution in [0.4, 0.5) is 10.1 Å². The van der Waals surface area contributed by atoms with Crippen LogP contribution in [0.1, 0.15) is 32.6 Å². The van der Waals surface area contributed by atoms with Crippen molar-refractivity contribution in [2.45, 2.75) is 38.1 Å². The SMILES string of the molecule is COc1ccc(NC(=O)C2CCCCC2(C)N)cc1F. The Morgan fingerprint density at radius 2 is 2.25 bits per heavy atom. The third kappa shape index (κ3) is 3.10. The van der Waals surface area contributed by atoms with Crippen LogP contribution in [-0.2, 0) is 4.79 Å². The highest BCUT2D eigenvalue weighted by molar-refractivity contribution is 5.93. The summed E-state index contributed by atoms with van der Waals surface area (Å²) in [5, 5.41) is 2.74. The number of ether oxygens (including phenoxy) is 1. The van der Waals surface area contributed by atoms with Crippen molar-refractivity contribution in [2.24, 2.45) is 11.7 Å². The Bertz CT molecular complexity index is 503. The summed E-state index contributed by atoms with van der Waals surface area (Å²) in [6.07, 6.45) is 3.66. The Balaban J connectivity index is 2.09. The van der Waals surface area contributed by atoms with Crippen LogP contribution in [0, 0.1) is 11.7 Å². The molecule has 1 aromatic carbocycles. The van der Waals surface area contributed by atoms with Gasteiger partial charge in [0, 0.05) is 17.3 Å². The number of amides is 1. The van der Waals surface area contributed by atoms with Crippen LogP contribution in [0.5, 0.6) is 5.75 Å². The molecule has 3 N–H and O–H groups in total. The number of benzene rings is 1. The number of carbonyl (C=O) groups excluding carboxylic acids is 1. The van der Waals surface area contributed by atoms with Gasteiger partial charge in [-0.05, 0) is 31.9 Å². The zero-order chi connectivity index (χ0) is 14.8. The second-order valence-electron chi connectivity index (χ2n) is 5.64. The lowest BCUT2D eigenvalue weighted by molar-refractivity contribution is -0.122. The summed E-state index contributed by atoms with van der Waals surface area (Å²) in [4.78, 5) is 12.3. The number of methoxy groups -OCH3 is 1. The molecular formula is C15H21FN2O2. The minimum absolute atomic E-state index is 0.140. The van der Waals surface area contributed by atoms with Crippen LogP contribution in [-0.4, -0.2) is 18.6 Å². The maximum Gasteiger partial charge on any atom is 0.229 e. The number of hydrogen-bond donors (Lipinski definition) is 2. The molecule has 110 valence electrons. The molecule has 0 bridgehead atoms. The molecule has 20 heavy (non-hydrogen) atoms. The Morgan fingerprint density at radius 3 is 2.85 bits per heavy atom. The summed E-state index contributed by atoms with van der Waals surface area (Å²) in [6, 6.07) is 4.37. The highest BCUT2D eigenvalue weighted by Gasteiger charge is 2.37. The molecule has 1 aliphatic rings. The van der Waals surface area contributed by atoms with Crippen LogP contribution >= 0.6 is 0 Å². The first-order valence-corrected chi connectivity index (χ1v) is 6.87. The molecule has 5 heteroatoms. The predicted molar refractivity (Wildman–Crippen MR) is 76.1 cm³/mol. The molecule has 1 saturated carbocycles. The summed E-state index contributed by atoms with van der Waals surface area (Å²) in [5.74, 6) is -0.713. The third-order valence-electron chi connectivity index (χ3n) is 3.99. The van der Waals surface area contributed by atoms with E-state index in [1.54, 1.807) is 6.07 Å². The normalized spacial score (nSPS) is 26.1. The zero-order valence-electron chi connectivity index (χ0n) is 11.9. The molecule has 0 aromatic heterocycles. The van der Waals surface area contributed by atoms with Crippen LogP contribution < -0.4 is 15.8 Å². The Morgan fingerprint density at radius 1 is 1.50 bits per heavy atom. The topological polar surface area (TPSA) is 64.3 Å². The average Bonchev–Trinajstić information content (AvgIpc) is 2.38. The number of anilines is 1. The van der Waals surface area contributed by atoms with Gasteiger partial charge in [-0.2, -0.15) is 0 Å². The minimum atomic E-state index is -0.496. The van der Waals surface area contributed by atoms with Gasteiger partial charge in [-0.3, -0.25) is 4.79 Å². The smallest absolute Gasteiger partial charge is 0.229 e. The van der Waals surface area contributed by atoms with Crippen molar-refractivity contribution in [3.63, 3.8) is 0 Å². The molecule has 0 heterocycles. The average molecular weight is 280 g/mol. The summed E-state index contributed by atoms with van der Waals surface area (Å²) in [7, 11) is 1.40. The number of hydrogen-bond acceptors (Lipinski definition) is 3. The molecule has 1 fully saturated rings. The standard InChI is InChI=1S/C15H21FN2O2/c1-15(17)8-4-3-5-11(15)14(19)18-10-6-7-13(20-2)12(16)9-10/h6-7,9,11H,3-5,8,17H2,1-2H3,(H,18,19). The predicted octanol–water partition coefficient (Wildman–Crippen LogP) is 2.68. The third-order valence-corrected chi connectivity index (χ3v) is 3.99. The van der Waals surface area contributed by atoms with Crippen LogP contribution in [0.15, 0.2) is 18.2 Å². The molecule has 2 rings (SSSR count). The summed E-state index contributed by atoms with van der Waals surface area (Å²) >= 11 is 0. The number of carbonyl (C=O) groups is 1. The number of rotatable bonds is 3. The van der Waals surface area contributed by atoms with Crippen molar-refractivity contribution >= 4 is 11.6 Å². The molecule has 0 aliphatic heterocycles. The van der Waals surface area contributed by atoms with Gasteiger partial charge in [0.05, 0.1) is 13.0 Å². The van der Waals surface area contributed by atoms with Crippen LogP contribution in [0.2, 0.25) is 0 Å². The summed E-state index contributed by atoms with van der Waals surface area (Å²) < 4.78 is 18.4. The maximum atomic E-state index is 13.6. The molecule has 0 saturated heterocycles. The first-order valence-electron chi connectivity index (χ1n) is 6.87. The van der Waals surface area contributed by atoms with E-state index in [9.17, 15) is 9.18 Å². The first kappa shape index (κ1) is 14.8. The highest BCUT2D eigenvalue weighted by atomic mass is 19.1. The molecule has 0 radical (unpaired) electrons. The van der Waals surface area contributed by atoms with Crippen molar-refractivity contribution in [3.8, 4) is 5.75 Å². The van der Waals surface area contributed by atoms with Gasteiger partial charge in [0.15, 0.2) is 11.6 Å². The highest BCUT2D eigenvalue weighted by Crippen LogP contribution is 2.32. The quantitative estimate of drug-likeness (QED) is 0.894. The fraction of sp³-hybridized carbons (Fsp3) is 0.533. The number of halogens is 1. The van der Waals surface area contributed by atoms with Gasteiger partial charge in [0.25, 0.3) is 0 Å². The van der Waals surface area contributed by atoms with Gasteiger partial charge in [-0.1, -0.05) is 12.8 Å². The van der Waals surface area contributed by atoms with E-state index in [1.165, 1.54) is 19.2 Å². The molecule has 4 nitrogen and oxygen atoms in total. The van der Waals surface area contributed by atoms with E-state index in [1.807, 2.05) is 6.92 Å². The Labute approximate surface area is 118 Å². The van der Waals surface area contributed by atoms with Gasteiger partial charge in [0.1, 0.15) is 0 Å². The number of nitrogens with two attached hydrogens (primary N) is 1. The van der Waals surface area contributed by atoms with Crippen LogP contribution in [0.25, 0.3) is 0 Å². The Kier molecular flexibility index (Phi) is 4.28. The van der Waals surface area contributed by atoms with E-state index < -0.39 is 11.4 Å². The lowest BCUT2D eigenvalue weighted by Crippen LogP contribution is -2.51. The molecule has 1 aliphatic carbocycles. The molecule has 2 atom stereocenters. The second-order valence-corrected chi connectivity index (χ2v) is 5.64. The largest absolute Gasteiger partial charge is 0.494 e. The second kappa shape index (κ2) is 5.79. The molecule has 0 spiro atoms. The molecular weight excluding hydrogens is 259 g/mol. The van der Waals surface area contributed by atoms with Gasteiger partial charge >= 0.3 is 0 Å². The van der Waals surface area contributed by atoms with Crippen molar-refractivity contribution in [2.75, 3.05) is 12.4 Å². The van der Waals surface area contributed by atoms with E-state index in [-0.39, 0.29) is 17.6 Å². The minimum Gasteiger partial charge on any atom is -0.494 e. The van der Waals surface area contributed by atoms with E-state index in [4.69, 9.17) is 10.5 Å². The van der Waals surface area contributed by atoms with Crippen LogP contribution in [0.3, 0.4) is 0 Å².